The van der Waals surface area contributed by atoms with Gasteiger partial charge in [-0.05, 0) is 30.4 Å². The van der Waals surface area contributed by atoms with Crippen LogP contribution in [0.2, 0.25) is 0 Å². The molecule has 21 heavy (non-hydrogen) atoms. The molecule has 1 aliphatic carbocycles. The van der Waals surface area contributed by atoms with Gasteiger partial charge in [0.15, 0.2) is 0 Å². The Morgan fingerprint density at radius 2 is 2.10 bits per heavy atom. The van der Waals surface area contributed by atoms with Gasteiger partial charge < -0.3 is 10.4 Å². The smallest absolute Gasteiger partial charge is 0.238 e. The molecule has 0 atom stereocenters. The minimum absolute atomic E-state index is 0.00319. The number of carbonyl (C=O) groups is 1. The van der Waals surface area contributed by atoms with Crippen molar-refractivity contribution in [3.8, 4) is 0 Å². The van der Waals surface area contributed by atoms with E-state index in [0.717, 1.165) is 24.1 Å². The molecule has 0 aliphatic heterocycles. The Bertz CT molecular complexity index is 470. The van der Waals surface area contributed by atoms with Crippen LogP contribution in [0, 0.1) is 0 Å². The topological polar surface area (TPSA) is 52.6 Å². The highest BCUT2D eigenvalue weighted by atomic mass is 16.3. The number of aliphatic hydroxyl groups is 1. The fourth-order valence-corrected chi connectivity index (χ4v) is 2.76. The number of anilines is 1. The third kappa shape index (κ3) is 4.29. The Morgan fingerprint density at radius 3 is 2.67 bits per heavy atom. The van der Waals surface area contributed by atoms with Crippen LogP contribution < -0.4 is 5.32 Å². The molecule has 0 radical (unpaired) electrons. The molecule has 0 heterocycles. The van der Waals surface area contributed by atoms with Gasteiger partial charge in [0.05, 0.1) is 13.2 Å². The van der Waals surface area contributed by atoms with E-state index < -0.39 is 0 Å². The molecule has 2 N–H and O–H groups in total. The van der Waals surface area contributed by atoms with Crippen LogP contribution in [0.1, 0.15) is 44.6 Å². The van der Waals surface area contributed by atoms with Gasteiger partial charge in [0.1, 0.15) is 0 Å². The maximum atomic E-state index is 12.3. The summed E-state index contributed by atoms with van der Waals surface area (Å²) in [7, 11) is 0. The van der Waals surface area contributed by atoms with Crippen molar-refractivity contribution in [2.45, 2.75) is 45.1 Å². The van der Waals surface area contributed by atoms with Crippen LogP contribution in [0.4, 0.5) is 5.69 Å². The van der Waals surface area contributed by atoms with Gasteiger partial charge in [0, 0.05) is 18.3 Å². The monoisotopic (exact) mass is 290 g/mol. The summed E-state index contributed by atoms with van der Waals surface area (Å²) in [4.78, 5) is 14.4. The second-order valence-corrected chi connectivity index (χ2v) is 6.07. The Hall–Kier alpha value is -1.39. The van der Waals surface area contributed by atoms with Gasteiger partial charge >= 0.3 is 0 Å². The van der Waals surface area contributed by atoms with E-state index in [2.05, 4.69) is 30.1 Å². The highest BCUT2D eigenvalue weighted by Crippen LogP contribution is 2.25. The van der Waals surface area contributed by atoms with Crippen molar-refractivity contribution in [1.29, 1.82) is 0 Å². The predicted molar refractivity (Wildman–Crippen MR) is 85.5 cm³/mol. The van der Waals surface area contributed by atoms with Crippen LogP contribution in [-0.2, 0) is 4.79 Å². The standard InChI is InChI=1S/C17H26N2O2/c1-13(2)15-8-3-4-9-16(15)18-17(21)12-19(10-11-20)14-6-5-7-14/h3-4,8-9,13-14,20H,5-7,10-12H2,1-2H3,(H,18,21). The number of carbonyl (C=O) groups excluding carboxylic acids is 1. The highest BCUT2D eigenvalue weighted by molar-refractivity contribution is 5.93. The molecule has 1 amide bonds. The van der Waals surface area contributed by atoms with Crippen molar-refractivity contribution in [3.63, 3.8) is 0 Å². The average Bonchev–Trinajstić information content (AvgIpc) is 2.37. The molecule has 4 heteroatoms. The second kappa shape index (κ2) is 7.57. The molecule has 0 spiro atoms. The third-order valence-corrected chi connectivity index (χ3v) is 4.18. The molecule has 0 unspecified atom stereocenters. The van der Waals surface area contributed by atoms with E-state index in [1.165, 1.54) is 6.42 Å². The fourth-order valence-electron chi connectivity index (χ4n) is 2.76. The number of hydrogen-bond acceptors (Lipinski definition) is 3. The minimum atomic E-state index is 0.00319. The lowest BCUT2D eigenvalue weighted by molar-refractivity contribution is -0.118. The first-order chi connectivity index (χ1) is 10.1. The molecule has 116 valence electrons. The largest absolute Gasteiger partial charge is 0.395 e. The van der Waals surface area contributed by atoms with Gasteiger partial charge in [0.2, 0.25) is 5.91 Å². The van der Waals surface area contributed by atoms with Crippen LogP contribution in [0.3, 0.4) is 0 Å². The van der Waals surface area contributed by atoms with Crippen LogP contribution in [-0.4, -0.2) is 41.7 Å². The van der Waals surface area contributed by atoms with Crippen LogP contribution >= 0.6 is 0 Å². The van der Waals surface area contributed by atoms with Gasteiger partial charge in [-0.15, -0.1) is 0 Å². The molecular formula is C17H26N2O2. The molecule has 0 bridgehead atoms. The molecule has 0 aromatic heterocycles. The maximum absolute atomic E-state index is 12.3. The molecule has 2 rings (SSSR count). The molecule has 1 aromatic carbocycles. The van der Waals surface area contributed by atoms with E-state index in [0.29, 0.717) is 25.0 Å². The quantitative estimate of drug-likeness (QED) is 0.811. The van der Waals surface area contributed by atoms with E-state index in [-0.39, 0.29) is 12.5 Å². The van der Waals surface area contributed by atoms with Crippen molar-refractivity contribution in [3.05, 3.63) is 29.8 Å². The van der Waals surface area contributed by atoms with Crippen molar-refractivity contribution in [1.82, 2.24) is 4.90 Å². The van der Waals surface area contributed by atoms with E-state index in [4.69, 9.17) is 5.11 Å². The first-order valence-electron chi connectivity index (χ1n) is 7.85. The number of nitrogens with zero attached hydrogens (tertiary/aromatic N) is 1. The molecule has 1 aromatic rings. The van der Waals surface area contributed by atoms with Crippen molar-refractivity contribution < 1.29 is 9.90 Å². The van der Waals surface area contributed by atoms with Crippen LogP contribution in [0.5, 0.6) is 0 Å². The zero-order chi connectivity index (χ0) is 15.2. The van der Waals surface area contributed by atoms with E-state index in [1.54, 1.807) is 0 Å². The maximum Gasteiger partial charge on any atom is 0.238 e. The summed E-state index contributed by atoms with van der Waals surface area (Å²) in [6.07, 6.45) is 3.50. The summed E-state index contributed by atoms with van der Waals surface area (Å²) in [6, 6.07) is 8.41. The Morgan fingerprint density at radius 1 is 1.38 bits per heavy atom. The minimum Gasteiger partial charge on any atom is -0.395 e. The first kappa shape index (κ1) is 16.0. The van der Waals surface area contributed by atoms with Gasteiger partial charge in [-0.25, -0.2) is 0 Å². The van der Waals surface area contributed by atoms with Crippen LogP contribution in [0.25, 0.3) is 0 Å². The summed E-state index contributed by atoms with van der Waals surface area (Å²) < 4.78 is 0. The summed E-state index contributed by atoms with van der Waals surface area (Å²) in [5, 5.41) is 12.2. The Balaban J connectivity index is 1.97. The summed E-state index contributed by atoms with van der Waals surface area (Å²) in [6.45, 7) is 5.28. The van der Waals surface area contributed by atoms with E-state index in [9.17, 15) is 4.79 Å². The summed E-state index contributed by atoms with van der Waals surface area (Å²) in [5.41, 5.74) is 2.05. The number of amides is 1. The lowest BCUT2D eigenvalue weighted by atomic mass is 9.91. The van der Waals surface area contributed by atoms with Crippen molar-refractivity contribution in [2.24, 2.45) is 0 Å². The lowest BCUT2D eigenvalue weighted by Crippen LogP contribution is -2.45. The van der Waals surface area contributed by atoms with Crippen molar-refractivity contribution in [2.75, 3.05) is 25.0 Å². The number of rotatable bonds is 7. The number of nitrogens with one attached hydrogen (secondary N) is 1. The summed E-state index contributed by atoms with van der Waals surface area (Å²) >= 11 is 0. The molecule has 1 fully saturated rings. The Kier molecular flexibility index (Phi) is 5.76. The number of para-hydroxylation sites is 1. The second-order valence-electron chi connectivity index (χ2n) is 6.07. The molecular weight excluding hydrogens is 264 g/mol. The Labute approximate surface area is 127 Å². The highest BCUT2D eigenvalue weighted by Gasteiger charge is 2.26. The third-order valence-electron chi connectivity index (χ3n) is 4.18. The molecule has 0 saturated heterocycles. The van der Waals surface area contributed by atoms with Gasteiger partial charge in [-0.1, -0.05) is 38.5 Å². The SMILES string of the molecule is CC(C)c1ccccc1NC(=O)CN(CCO)C1CCC1. The summed E-state index contributed by atoms with van der Waals surface area (Å²) in [5.74, 6) is 0.380. The zero-order valence-corrected chi connectivity index (χ0v) is 13.0. The first-order valence-corrected chi connectivity index (χ1v) is 7.85. The number of aliphatic hydroxyl groups excluding tert-OH is 1. The van der Waals surface area contributed by atoms with Gasteiger partial charge in [0.25, 0.3) is 0 Å². The van der Waals surface area contributed by atoms with Gasteiger partial charge in [-0.3, -0.25) is 9.69 Å². The normalized spacial score (nSPS) is 15.3. The molecule has 1 saturated carbocycles. The number of benzene rings is 1. The van der Waals surface area contributed by atoms with E-state index in [1.807, 2.05) is 18.2 Å². The predicted octanol–water partition coefficient (Wildman–Crippen LogP) is 2.60. The van der Waals surface area contributed by atoms with Crippen LogP contribution in [0.15, 0.2) is 24.3 Å². The average molecular weight is 290 g/mol. The van der Waals surface area contributed by atoms with E-state index >= 15 is 0 Å². The molecule has 4 nitrogen and oxygen atoms in total. The zero-order valence-electron chi connectivity index (χ0n) is 13.0. The molecule has 1 aliphatic rings. The fraction of sp³-hybridized carbons (Fsp3) is 0.588. The van der Waals surface area contributed by atoms with Gasteiger partial charge in [-0.2, -0.15) is 0 Å². The lowest BCUT2D eigenvalue weighted by Gasteiger charge is -2.36. The van der Waals surface area contributed by atoms with Crippen molar-refractivity contribution >= 4 is 11.6 Å². The number of hydrogen-bond donors (Lipinski definition) is 2.